The number of nitrogens with zero attached hydrogens (tertiary/aromatic N) is 1. The van der Waals surface area contributed by atoms with Crippen LogP contribution in [0.3, 0.4) is 0 Å². The van der Waals surface area contributed by atoms with Crippen molar-refractivity contribution in [1.29, 1.82) is 0 Å². The van der Waals surface area contributed by atoms with E-state index in [1.807, 2.05) is 55.4 Å². The molecule has 0 atom stereocenters. The fourth-order valence-electron chi connectivity index (χ4n) is 1.82. The highest BCUT2D eigenvalue weighted by atomic mass is 35.5. The second kappa shape index (κ2) is 6.99. The Balaban J connectivity index is 1.88. The lowest BCUT2D eigenvalue weighted by Gasteiger charge is -2.13. The molecule has 0 aromatic heterocycles. The number of para-hydroxylation sites is 1. The van der Waals surface area contributed by atoms with Crippen molar-refractivity contribution in [3.8, 4) is 0 Å². The number of amides is 2. The fourth-order valence-corrected chi connectivity index (χ4v) is 2.01. The van der Waals surface area contributed by atoms with Crippen molar-refractivity contribution in [2.75, 3.05) is 24.3 Å². The standard InChI is InChI=1S/C16H18ClN3O/c1-20(2)13-9-7-12(8-10-13)11-18-16(21)19-15-6-4-3-5-14(15)17/h3-10H,11H2,1-2H3,(H2,18,19,21). The maximum absolute atomic E-state index is 11.8. The Bertz CT molecular complexity index is 611. The van der Waals surface area contributed by atoms with Crippen molar-refractivity contribution in [2.45, 2.75) is 6.54 Å². The van der Waals surface area contributed by atoms with E-state index >= 15 is 0 Å². The Morgan fingerprint density at radius 1 is 1.10 bits per heavy atom. The molecule has 0 unspecified atom stereocenters. The van der Waals surface area contributed by atoms with E-state index < -0.39 is 0 Å². The SMILES string of the molecule is CN(C)c1ccc(CNC(=O)Nc2ccccc2Cl)cc1. The van der Waals surface area contributed by atoms with Crippen LogP contribution in [0.4, 0.5) is 16.2 Å². The molecular formula is C16H18ClN3O. The summed E-state index contributed by atoms with van der Waals surface area (Å²) in [4.78, 5) is 13.9. The molecule has 0 aliphatic carbocycles. The van der Waals surface area contributed by atoms with E-state index in [0.717, 1.165) is 11.3 Å². The van der Waals surface area contributed by atoms with E-state index in [9.17, 15) is 4.79 Å². The molecule has 0 bridgehead atoms. The van der Waals surface area contributed by atoms with Gasteiger partial charge >= 0.3 is 6.03 Å². The lowest BCUT2D eigenvalue weighted by atomic mass is 10.2. The minimum Gasteiger partial charge on any atom is -0.378 e. The molecule has 2 aromatic rings. The van der Waals surface area contributed by atoms with Crippen LogP contribution < -0.4 is 15.5 Å². The molecule has 4 nitrogen and oxygen atoms in total. The molecule has 0 spiro atoms. The van der Waals surface area contributed by atoms with Gasteiger partial charge in [-0.1, -0.05) is 35.9 Å². The average Bonchev–Trinajstić information content (AvgIpc) is 2.48. The maximum Gasteiger partial charge on any atom is 0.319 e. The van der Waals surface area contributed by atoms with Gasteiger partial charge in [0.25, 0.3) is 0 Å². The van der Waals surface area contributed by atoms with Crippen molar-refractivity contribution in [1.82, 2.24) is 5.32 Å². The third kappa shape index (κ3) is 4.39. The van der Waals surface area contributed by atoms with Gasteiger partial charge < -0.3 is 15.5 Å². The molecule has 0 aliphatic heterocycles. The first-order valence-electron chi connectivity index (χ1n) is 6.62. The Labute approximate surface area is 129 Å². The van der Waals surface area contributed by atoms with Crippen LogP contribution in [-0.2, 0) is 6.54 Å². The summed E-state index contributed by atoms with van der Waals surface area (Å²) < 4.78 is 0. The van der Waals surface area contributed by atoms with Crippen LogP contribution in [0.1, 0.15) is 5.56 Å². The minimum atomic E-state index is -0.278. The van der Waals surface area contributed by atoms with Crippen molar-refractivity contribution in [3.05, 3.63) is 59.1 Å². The molecule has 110 valence electrons. The predicted molar refractivity (Wildman–Crippen MR) is 88.1 cm³/mol. The van der Waals surface area contributed by atoms with Crippen molar-refractivity contribution in [3.63, 3.8) is 0 Å². The van der Waals surface area contributed by atoms with E-state index in [1.54, 1.807) is 12.1 Å². The van der Waals surface area contributed by atoms with Crippen molar-refractivity contribution < 1.29 is 4.79 Å². The third-order valence-electron chi connectivity index (χ3n) is 3.03. The summed E-state index contributed by atoms with van der Waals surface area (Å²) in [6, 6.07) is 14.9. The number of urea groups is 1. The molecule has 0 fully saturated rings. The van der Waals surface area contributed by atoms with E-state index in [0.29, 0.717) is 17.3 Å². The Morgan fingerprint density at radius 3 is 2.38 bits per heavy atom. The first kappa shape index (κ1) is 15.2. The summed E-state index contributed by atoms with van der Waals surface area (Å²) in [5.74, 6) is 0. The molecule has 2 N–H and O–H groups in total. The van der Waals surface area contributed by atoms with Gasteiger partial charge in [-0.05, 0) is 29.8 Å². The van der Waals surface area contributed by atoms with Crippen LogP contribution in [0.25, 0.3) is 0 Å². The molecule has 0 saturated heterocycles. The Hall–Kier alpha value is -2.20. The highest BCUT2D eigenvalue weighted by Gasteiger charge is 2.04. The summed E-state index contributed by atoms with van der Waals surface area (Å²) in [6.07, 6.45) is 0. The summed E-state index contributed by atoms with van der Waals surface area (Å²) >= 11 is 5.99. The lowest BCUT2D eigenvalue weighted by molar-refractivity contribution is 0.251. The molecule has 0 saturated carbocycles. The second-order valence-corrected chi connectivity index (χ2v) is 5.26. The number of halogens is 1. The van der Waals surface area contributed by atoms with Crippen LogP contribution in [0.5, 0.6) is 0 Å². The van der Waals surface area contributed by atoms with Crippen LogP contribution in [0, 0.1) is 0 Å². The molecular weight excluding hydrogens is 286 g/mol. The minimum absolute atomic E-state index is 0.278. The molecule has 2 amide bonds. The molecule has 0 radical (unpaired) electrons. The van der Waals surface area contributed by atoms with E-state index in [4.69, 9.17) is 11.6 Å². The van der Waals surface area contributed by atoms with Crippen molar-refractivity contribution in [2.24, 2.45) is 0 Å². The maximum atomic E-state index is 11.8. The number of carbonyl (C=O) groups is 1. The predicted octanol–water partition coefficient (Wildman–Crippen LogP) is 3.73. The average molecular weight is 304 g/mol. The van der Waals surface area contributed by atoms with E-state index in [2.05, 4.69) is 10.6 Å². The molecule has 2 rings (SSSR count). The molecule has 2 aromatic carbocycles. The Morgan fingerprint density at radius 2 is 1.76 bits per heavy atom. The van der Waals surface area contributed by atoms with Crippen LogP contribution in [0.2, 0.25) is 5.02 Å². The lowest BCUT2D eigenvalue weighted by Crippen LogP contribution is -2.28. The number of carbonyl (C=O) groups excluding carboxylic acids is 1. The first-order valence-corrected chi connectivity index (χ1v) is 6.99. The Kier molecular flexibility index (Phi) is 5.06. The monoisotopic (exact) mass is 303 g/mol. The summed E-state index contributed by atoms with van der Waals surface area (Å²) in [6.45, 7) is 0.462. The van der Waals surface area contributed by atoms with Crippen LogP contribution >= 0.6 is 11.6 Å². The van der Waals surface area contributed by atoms with E-state index in [1.165, 1.54) is 0 Å². The van der Waals surface area contributed by atoms with Gasteiger partial charge in [0, 0.05) is 26.3 Å². The van der Waals surface area contributed by atoms with Crippen molar-refractivity contribution >= 4 is 29.0 Å². The number of anilines is 2. The van der Waals surface area contributed by atoms with Gasteiger partial charge in [0.2, 0.25) is 0 Å². The van der Waals surface area contributed by atoms with Gasteiger partial charge in [-0.25, -0.2) is 4.79 Å². The molecule has 0 aliphatic rings. The number of rotatable bonds is 4. The van der Waals surface area contributed by atoms with Gasteiger partial charge in [0.05, 0.1) is 10.7 Å². The summed E-state index contributed by atoms with van der Waals surface area (Å²) in [5, 5.41) is 6.04. The smallest absolute Gasteiger partial charge is 0.319 e. The highest BCUT2D eigenvalue weighted by molar-refractivity contribution is 6.33. The second-order valence-electron chi connectivity index (χ2n) is 4.85. The fraction of sp³-hybridized carbons (Fsp3) is 0.188. The van der Waals surface area contributed by atoms with Gasteiger partial charge in [0.15, 0.2) is 0 Å². The summed E-state index contributed by atoms with van der Waals surface area (Å²) in [5.41, 5.74) is 2.76. The molecule has 0 heterocycles. The number of hydrogen-bond acceptors (Lipinski definition) is 2. The topological polar surface area (TPSA) is 44.4 Å². The first-order chi connectivity index (χ1) is 10.1. The van der Waals surface area contributed by atoms with Gasteiger partial charge in [0.1, 0.15) is 0 Å². The zero-order chi connectivity index (χ0) is 15.2. The molecule has 21 heavy (non-hydrogen) atoms. The number of benzene rings is 2. The van der Waals surface area contributed by atoms with Gasteiger partial charge in [-0.3, -0.25) is 0 Å². The third-order valence-corrected chi connectivity index (χ3v) is 3.36. The number of nitrogens with one attached hydrogen (secondary N) is 2. The zero-order valence-electron chi connectivity index (χ0n) is 12.1. The number of hydrogen-bond donors (Lipinski definition) is 2. The zero-order valence-corrected chi connectivity index (χ0v) is 12.8. The van der Waals surface area contributed by atoms with E-state index in [-0.39, 0.29) is 6.03 Å². The van der Waals surface area contributed by atoms with Crippen LogP contribution in [0.15, 0.2) is 48.5 Å². The summed E-state index contributed by atoms with van der Waals surface area (Å²) in [7, 11) is 3.98. The quantitative estimate of drug-likeness (QED) is 0.904. The highest BCUT2D eigenvalue weighted by Crippen LogP contribution is 2.20. The largest absolute Gasteiger partial charge is 0.378 e. The van der Waals surface area contributed by atoms with Gasteiger partial charge in [-0.2, -0.15) is 0 Å². The molecule has 5 heteroatoms. The normalized spacial score (nSPS) is 10.0. The van der Waals surface area contributed by atoms with Crippen LogP contribution in [-0.4, -0.2) is 20.1 Å². The van der Waals surface area contributed by atoms with Gasteiger partial charge in [-0.15, -0.1) is 0 Å².